The minimum Gasteiger partial charge on any atom is -0.497 e. The predicted molar refractivity (Wildman–Crippen MR) is 114 cm³/mol. The van der Waals surface area contributed by atoms with E-state index in [9.17, 15) is 13.2 Å². The van der Waals surface area contributed by atoms with Crippen molar-refractivity contribution in [2.24, 2.45) is 0 Å². The fourth-order valence-corrected chi connectivity index (χ4v) is 4.91. The number of methoxy groups -OCH3 is 1. The third kappa shape index (κ3) is 5.16. The number of nitrogens with one attached hydrogen (secondary N) is 1. The van der Waals surface area contributed by atoms with E-state index in [0.29, 0.717) is 38.0 Å². The minimum atomic E-state index is -3.37. The van der Waals surface area contributed by atoms with Gasteiger partial charge in [-0.1, -0.05) is 12.1 Å². The van der Waals surface area contributed by atoms with Crippen LogP contribution in [0.3, 0.4) is 0 Å². The summed E-state index contributed by atoms with van der Waals surface area (Å²) in [7, 11) is -1.74. The van der Waals surface area contributed by atoms with Gasteiger partial charge in [0.05, 0.1) is 12.9 Å². The lowest BCUT2D eigenvalue weighted by Crippen LogP contribution is -2.38. The van der Waals surface area contributed by atoms with Crippen LogP contribution < -0.4 is 10.1 Å². The molecule has 0 fully saturated rings. The SMILES string of the molecule is COc1ccc2c(c1)CCN(S(=O)(=O)CCCNC(=O)c1ccc(C)c(C)c1)C2. The molecule has 0 radical (unpaired) electrons. The van der Waals surface area contributed by atoms with Crippen LogP contribution in [0, 0.1) is 13.8 Å². The lowest BCUT2D eigenvalue weighted by molar-refractivity contribution is 0.0953. The summed E-state index contributed by atoms with van der Waals surface area (Å²) in [5.41, 5.74) is 4.94. The zero-order valence-electron chi connectivity index (χ0n) is 17.2. The number of aryl methyl sites for hydroxylation is 2. The first-order valence-corrected chi connectivity index (χ1v) is 11.4. The molecule has 0 bridgehead atoms. The standard InChI is InChI=1S/C22H28N2O4S/c1-16-5-6-19(13-17(16)2)22(25)23-10-4-12-29(26,27)24-11-9-18-14-21(28-3)8-7-20(18)15-24/h5-8,13-14H,4,9-12,15H2,1-3H3,(H,23,25). The molecule has 0 aromatic heterocycles. The zero-order chi connectivity index (χ0) is 21.0. The van der Waals surface area contributed by atoms with Gasteiger partial charge in [-0.05, 0) is 73.2 Å². The second kappa shape index (κ2) is 8.97. The third-order valence-corrected chi connectivity index (χ3v) is 7.32. The first-order valence-electron chi connectivity index (χ1n) is 9.79. The average molecular weight is 417 g/mol. The Morgan fingerprint density at radius 3 is 2.62 bits per heavy atom. The van der Waals surface area contributed by atoms with E-state index in [4.69, 9.17) is 4.74 Å². The van der Waals surface area contributed by atoms with Crippen molar-refractivity contribution >= 4 is 15.9 Å². The topological polar surface area (TPSA) is 75.7 Å². The van der Waals surface area contributed by atoms with Gasteiger partial charge in [0.25, 0.3) is 5.91 Å². The van der Waals surface area contributed by atoms with Gasteiger partial charge in [-0.3, -0.25) is 4.79 Å². The van der Waals surface area contributed by atoms with E-state index in [2.05, 4.69) is 5.32 Å². The van der Waals surface area contributed by atoms with Crippen molar-refractivity contribution in [1.29, 1.82) is 0 Å². The molecule has 2 aromatic carbocycles. The number of ether oxygens (including phenoxy) is 1. The summed E-state index contributed by atoms with van der Waals surface area (Å²) in [6, 6.07) is 11.3. The van der Waals surface area contributed by atoms with Gasteiger partial charge in [0.1, 0.15) is 5.75 Å². The smallest absolute Gasteiger partial charge is 0.251 e. The van der Waals surface area contributed by atoms with Crippen LogP contribution in [0.4, 0.5) is 0 Å². The molecule has 1 heterocycles. The maximum Gasteiger partial charge on any atom is 0.251 e. The molecule has 0 aliphatic carbocycles. The number of nitrogens with zero attached hydrogens (tertiary/aromatic N) is 1. The summed E-state index contributed by atoms with van der Waals surface area (Å²) in [4.78, 5) is 12.2. The monoisotopic (exact) mass is 416 g/mol. The quantitative estimate of drug-likeness (QED) is 0.705. The molecule has 6 nitrogen and oxygen atoms in total. The van der Waals surface area contributed by atoms with Crippen molar-refractivity contribution in [2.75, 3.05) is 26.0 Å². The zero-order valence-corrected chi connectivity index (χ0v) is 18.0. The van der Waals surface area contributed by atoms with Gasteiger partial charge in [0, 0.05) is 25.2 Å². The molecule has 1 N–H and O–H groups in total. The van der Waals surface area contributed by atoms with Crippen LogP contribution in [0.1, 0.15) is 39.0 Å². The molecular formula is C22H28N2O4S. The highest BCUT2D eigenvalue weighted by atomic mass is 32.2. The number of sulfonamides is 1. The number of amides is 1. The van der Waals surface area contributed by atoms with E-state index in [-0.39, 0.29) is 11.7 Å². The summed E-state index contributed by atoms with van der Waals surface area (Å²) in [5, 5.41) is 2.81. The predicted octanol–water partition coefficient (Wildman–Crippen LogP) is 2.82. The lowest BCUT2D eigenvalue weighted by atomic mass is 10.0. The minimum absolute atomic E-state index is 0.0195. The van der Waals surface area contributed by atoms with Crippen molar-refractivity contribution in [3.8, 4) is 5.75 Å². The van der Waals surface area contributed by atoms with Crippen LogP contribution in [0.15, 0.2) is 36.4 Å². The van der Waals surface area contributed by atoms with Crippen molar-refractivity contribution in [1.82, 2.24) is 9.62 Å². The molecule has 0 spiro atoms. The fraction of sp³-hybridized carbons (Fsp3) is 0.409. The fourth-order valence-electron chi connectivity index (χ4n) is 3.44. The molecule has 0 saturated carbocycles. The molecule has 3 rings (SSSR count). The molecular weight excluding hydrogens is 388 g/mol. The van der Waals surface area contributed by atoms with Gasteiger partial charge in [0.2, 0.25) is 10.0 Å². The Labute approximate surface area is 172 Å². The summed E-state index contributed by atoms with van der Waals surface area (Å²) in [6.45, 7) is 5.14. The number of hydrogen-bond acceptors (Lipinski definition) is 4. The summed E-state index contributed by atoms with van der Waals surface area (Å²) < 4.78 is 32.2. The summed E-state index contributed by atoms with van der Waals surface area (Å²) in [6.07, 6.45) is 1.06. The second-order valence-electron chi connectivity index (χ2n) is 7.44. The first-order chi connectivity index (χ1) is 13.8. The molecule has 0 atom stereocenters. The van der Waals surface area contributed by atoms with Crippen molar-refractivity contribution in [3.05, 3.63) is 64.2 Å². The van der Waals surface area contributed by atoms with E-state index in [0.717, 1.165) is 28.0 Å². The molecule has 29 heavy (non-hydrogen) atoms. The van der Waals surface area contributed by atoms with Crippen molar-refractivity contribution in [3.63, 3.8) is 0 Å². The Kier molecular flexibility index (Phi) is 6.59. The second-order valence-corrected chi connectivity index (χ2v) is 9.53. The van der Waals surface area contributed by atoms with E-state index in [1.165, 1.54) is 4.31 Å². The normalized spacial score (nSPS) is 14.3. The molecule has 2 aromatic rings. The van der Waals surface area contributed by atoms with Crippen LogP contribution in [0.2, 0.25) is 0 Å². The van der Waals surface area contributed by atoms with Gasteiger partial charge in [-0.15, -0.1) is 0 Å². The first kappa shape index (κ1) is 21.3. The highest BCUT2D eigenvalue weighted by Crippen LogP contribution is 2.25. The Morgan fingerprint density at radius 2 is 1.90 bits per heavy atom. The van der Waals surface area contributed by atoms with Gasteiger partial charge in [-0.2, -0.15) is 4.31 Å². The number of benzene rings is 2. The van der Waals surface area contributed by atoms with Crippen LogP contribution >= 0.6 is 0 Å². The lowest BCUT2D eigenvalue weighted by Gasteiger charge is -2.28. The van der Waals surface area contributed by atoms with Gasteiger partial charge >= 0.3 is 0 Å². The maximum atomic E-state index is 12.7. The van der Waals surface area contributed by atoms with E-state index in [1.54, 1.807) is 13.2 Å². The van der Waals surface area contributed by atoms with Gasteiger partial charge < -0.3 is 10.1 Å². The van der Waals surface area contributed by atoms with Gasteiger partial charge in [-0.25, -0.2) is 8.42 Å². The van der Waals surface area contributed by atoms with Crippen molar-refractivity contribution in [2.45, 2.75) is 33.2 Å². The van der Waals surface area contributed by atoms with Gasteiger partial charge in [0.15, 0.2) is 0 Å². The highest BCUT2D eigenvalue weighted by molar-refractivity contribution is 7.89. The molecule has 156 valence electrons. The summed E-state index contributed by atoms with van der Waals surface area (Å²) in [5.74, 6) is 0.636. The Hall–Kier alpha value is -2.38. The third-order valence-electron chi connectivity index (χ3n) is 5.42. The highest BCUT2D eigenvalue weighted by Gasteiger charge is 2.26. The van der Waals surface area contributed by atoms with E-state index >= 15 is 0 Å². The van der Waals surface area contributed by atoms with E-state index in [1.807, 2.05) is 44.2 Å². The number of carbonyl (C=O) groups excluding carboxylic acids is 1. The number of fused-ring (bicyclic) bond motifs is 1. The number of hydrogen-bond donors (Lipinski definition) is 1. The molecule has 1 aliphatic heterocycles. The Bertz CT molecular complexity index is 1000. The number of rotatable bonds is 7. The Morgan fingerprint density at radius 1 is 1.10 bits per heavy atom. The number of carbonyl (C=O) groups is 1. The maximum absolute atomic E-state index is 12.7. The largest absolute Gasteiger partial charge is 0.497 e. The van der Waals surface area contributed by atoms with Crippen molar-refractivity contribution < 1.29 is 17.9 Å². The molecule has 1 amide bonds. The van der Waals surface area contributed by atoms with E-state index < -0.39 is 10.0 Å². The Balaban J connectivity index is 1.51. The summed E-state index contributed by atoms with van der Waals surface area (Å²) >= 11 is 0. The van der Waals surface area contributed by atoms with Crippen LogP contribution in [-0.4, -0.2) is 44.6 Å². The molecule has 0 saturated heterocycles. The molecule has 0 unspecified atom stereocenters. The van der Waals surface area contributed by atoms with Crippen LogP contribution in [0.5, 0.6) is 5.75 Å². The molecule has 7 heteroatoms. The molecule has 1 aliphatic rings. The van der Waals surface area contributed by atoms with Crippen LogP contribution in [-0.2, 0) is 23.0 Å². The van der Waals surface area contributed by atoms with Crippen LogP contribution in [0.25, 0.3) is 0 Å². The average Bonchev–Trinajstić information content (AvgIpc) is 2.72.